The number of fused-ring (bicyclic) bond motifs is 14. The lowest BCUT2D eigenvalue weighted by atomic mass is 9.87. The number of aromatic nitrogens is 2. The van der Waals surface area contributed by atoms with Crippen LogP contribution in [0.4, 0.5) is 22.0 Å². The molecule has 0 atom stereocenters. The van der Waals surface area contributed by atoms with Crippen molar-refractivity contribution in [3.05, 3.63) is 193 Å². The first-order valence-corrected chi connectivity index (χ1v) is 22.3. The molecule has 9 aromatic carbocycles. The highest BCUT2D eigenvalue weighted by Gasteiger charge is 2.42. The summed E-state index contributed by atoms with van der Waals surface area (Å²) >= 11 is 3.27. The number of benzene rings is 9. The lowest BCUT2D eigenvalue weighted by molar-refractivity contribution is -0.136. The molecule has 0 aliphatic heterocycles. The summed E-state index contributed by atoms with van der Waals surface area (Å²) < 4.78 is 91.6. The van der Waals surface area contributed by atoms with Crippen LogP contribution < -0.4 is 0 Å². The average molecular weight is 877 g/mol. The molecule has 0 fully saturated rings. The zero-order chi connectivity index (χ0) is 43.0. The Bertz CT molecular complexity index is 3850. The highest BCUT2D eigenvalue weighted by atomic mass is 32.1. The third-order valence-corrected chi connectivity index (χ3v) is 15.1. The van der Waals surface area contributed by atoms with Crippen molar-refractivity contribution in [2.45, 2.75) is 6.18 Å². The van der Waals surface area contributed by atoms with E-state index in [1.807, 2.05) is 106 Å². The van der Waals surface area contributed by atoms with Gasteiger partial charge in [-0.3, -0.25) is 0 Å². The molecule has 13 aromatic rings. The van der Waals surface area contributed by atoms with Crippen molar-refractivity contribution in [3.63, 3.8) is 0 Å². The minimum Gasteiger partial charge on any atom is -0.308 e. The summed E-state index contributed by atoms with van der Waals surface area (Å²) in [6, 6.07) is 52.5. The molecule has 0 saturated carbocycles. The largest absolute Gasteiger partial charge is 0.417 e. The van der Waals surface area contributed by atoms with Crippen molar-refractivity contribution in [3.8, 4) is 33.6 Å². The maximum absolute atomic E-state index is 16.8. The maximum atomic E-state index is 16.8. The van der Waals surface area contributed by atoms with E-state index >= 15 is 22.0 Å². The third-order valence-electron chi connectivity index (χ3n) is 12.7. The second-order valence-electron chi connectivity index (χ2n) is 16.1. The number of para-hydroxylation sites is 2. The van der Waals surface area contributed by atoms with Gasteiger partial charge in [-0.25, -0.2) is 8.78 Å². The Morgan fingerprint density at radius 1 is 0.375 bits per heavy atom. The van der Waals surface area contributed by atoms with E-state index in [-0.39, 0.29) is 33.6 Å². The summed E-state index contributed by atoms with van der Waals surface area (Å²) in [5, 5.41) is 7.69. The third kappa shape index (κ3) is 5.16. The van der Waals surface area contributed by atoms with Crippen LogP contribution in [-0.2, 0) is 6.18 Å². The van der Waals surface area contributed by atoms with E-state index in [1.165, 1.54) is 48.5 Å². The van der Waals surface area contributed by atoms with Crippen molar-refractivity contribution in [1.82, 2.24) is 9.13 Å². The van der Waals surface area contributed by atoms with Crippen molar-refractivity contribution in [2.75, 3.05) is 0 Å². The predicted octanol–water partition coefficient (Wildman–Crippen LogP) is 17.2. The summed E-state index contributed by atoms with van der Waals surface area (Å²) in [5.41, 5.74) is 0.389. The van der Waals surface area contributed by atoms with Crippen LogP contribution in [0.15, 0.2) is 176 Å². The molecule has 0 bridgehead atoms. The van der Waals surface area contributed by atoms with Gasteiger partial charge in [0.1, 0.15) is 11.6 Å². The summed E-state index contributed by atoms with van der Waals surface area (Å²) in [7, 11) is 0. The summed E-state index contributed by atoms with van der Waals surface area (Å²) in [6.45, 7) is 0. The molecule has 0 aliphatic carbocycles. The van der Waals surface area contributed by atoms with Crippen LogP contribution in [0.3, 0.4) is 0 Å². The predicted molar refractivity (Wildman–Crippen MR) is 257 cm³/mol. The Morgan fingerprint density at radius 2 is 0.766 bits per heavy atom. The molecule has 2 nitrogen and oxygen atoms in total. The maximum Gasteiger partial charge on any atom is 0.417 e. The van der Waals surface area contributed by atoms with Gasteiger partial charge in [-0.15, -0.1) is 22.7 Å². The Balaban J connectivity index is 1.28. The molecule has 0 amide bonds. The monoisotopic (exact) mass is 876 g/mol. The van der Waals surface area contributed by atoms with E-state index in [4.69, 9.17) is 0 Å². The van der Waals surface area contributed by atoms with Crippen LogP contribution in [0.2, 0.25) is 0 Å². The molecule has 4 heterocycles. The quantitative estimate of drug-likeness (QED) is 0.156. The topological polar surface area (TPSA) is 9.86 Å². The Kier molecular flexibility index (Phi) is 7.91. The molecule has 0 spiro atoms. The second kappa shape index (κ2) is 13.6. The normalized spacial score (nSPS) is 12.5. The van der Waals surface area contributed by atoms with Crippen LogP contribution >= 0.6 is 22.7 Å². The van der Waals surface area contributed by atoms with Gasteiger partial charge in [-0.2, -0.15) is 13.2 Å². The van der Waals surface area contributed by atoms with Gasteiger partial charge in [-0.1, -0.05) is 121 Å². The van der Waals surface area contributed by atoms with Crippen molar-refractivity contribution >= 4 is 107 Å². The van der Waals surface area contributed by atoms with E-state index in [0.717, 1.165) is 61.9 Å². The number of hydrogen-bond donors (Lipinski definition) is 0. The molecule has 0 unspecified atom stereocenters. The van der Waals surface area contributed by atoms with Gasteiger partial charge in [0, 0.05) is 84.1 Å². The average Bonchev–Trinajstić information content (AvgIpc) is 4.06. The van der Waals surface area contributed by atoms with Crippen LogP contribution in [0.1, 0.15) is 5.56 Å². The molecular weight excluding hydrogens is 848 g/mol. The van der Waals surface area contributed by atoms with Crippen LogP contribution in [0, 0.1) is 11.6 Å². The zero-order valence-electron chi connectivity index (χ0n) is 33.3. The molecule has 306 valence electrons. The Hall–Kier alpha value is -7.33. The van der Waals surface area contributed by atoms with Crippen LogP contribution in [0.5, 0.6) is 0 Å². The number of hydrogen-bond acceptors (Lipinski definition) is 2. The molecule has 0 saturated heterocycles. The summed E-state index contributed by atoms with van der Waals surface area (Å²) in [5.74, 6) is -1.67. The van der Waals surface area contributed by atoms with Gasteiger partial charge < -0.3 is 9.13 Å². The van der Waals surface area contributed by atoms with Crippen LogP contribution in [0.25, 0.3) is 118 Å². The van der Waals surface area contributed by atoms with Gasteiger partial charge in [0.25, 0.3) is 0 Å². The SMILES string of the molecule is Fc1ccccc1-c1c(-n2c3ccccc3c3c4sc5ccccc5c4ccc32)cc(-n2c3ccccc3c3c4sc5ccccc5c4ccc32)c(-c2ccccc2F)c1C(F)(F)F. The standard InChI is InChI=1S/C55H29F5N2S2/c56-38-19-7-1-15-34(38)48-44(61-40-21-9-3-17-36(40)50-42(61)27-25-32-30-13-5-11-23-46(30)63-53(32)50)29-45(49(52(48)55(58,59)60)35-16-2-8-20-39(35)57)62-41-22-10-4-18-37(41)51-43(62)28-26-33-31-14-6-12-24-47(31)64-54(33)51/h1-29H. The van der Waals surface area contributed by atoms with Gasteiger partial charge in [0.15, 0.2) is 0 Å². The number of alkyl halides is 3. The lowest BCUT2D eigenvalue weighted by Crippen LogP contribution is -2.16. The fraction of sp³-hybridized carbons (Fsp3) is 0.0182. The number of thiophene rings is 2. The fourth-order valence-electron chi connectivity index (χ4n) is 10.2. The van der Waals surface area contributed by atoms with Crippen molar-refractivity contribution in [2.24, 2.45) is 0 Å². The van der Waals surface area contributed by atoms with E-state index in [0.29, 0.717) is 22.1 Å². The smallest absolute Gasteiger partial charge is 0.308 e. The van der Waals surface area contributed by atoms with E-state index < -0.39 is 23.4 Å². The van der Waals surface area contributed by atoms with Crippen molar-refractivity contribution < 1.29 is 22.0 Å². The Labute approximate surface area is 368 Å². The molecule has 64 heavy (non-hydrogen) atoms. The minimum absolute atomic E-state index is 0.105. The molecule has 9 heteroatoms. The zero-order valence-corrected chi connectivity index (χ0v) is 35.0. The molecule has 0 N–H and O–H groups in total. The fourth-order valence-corrected chi connectivity index (χ4v) is 12.7. The summed E-state index contributed by atoms with van der Waals surface area (Å²) in [6.07, 6.45) is -5.12. The highest BCUT2D eigenvalue weighted by Crippen LogP contribution is 2.53. The van der Waals surface area contributed by atoms with Gasteiger partial charge in [-0.05, 0) is 54.6 Å². The van der Waals surface area contributed by atoms with E-state index in [9.17, 15) is 0 Å². The molecule has 0 aliphatic rings. The van der Waals surface area contributed by atoms with E-state index in [1.54, 1.807) is 28.7 Å². The first kappa shape index (κ1) is 37.2. The molecule has 4 aromatic heterocycles. The number of rotatable bonds is 4. The van der Waals surface area contributed by atoms with Gasteiger partial charge in [0.05, 0.1) is 39.0 Å². The lowest BCUT2D eigenvalue weighted by Gasteiger charge is -2.27. The number of halogens is 5. The summed E-state index contributed by atoms with van der Waals surface area (Å²) in [4.78, 5) is 0. The highest BCUT2D eigenvalue weighted by molar-refractivity contribution is 7.27. The molecular formula is C55H29F5N2S2. The van der Waals surface area contributed by atoms with Crippen LogP contribution in [-0.4, -0.2) is 9.13 Å². The van der Waals surface area contributed by atoms with Gasteiger partial charge >= 0.3 is 6.18 Å². The van der Waals surface area contributed by atoms with Gasteiger partial charge in [0.2, 0.25) is 0 Å². The Morgan fingerprint density at radius 3 is 1.20 bits per heavy atom. The number of nitrogens with zero attached hydrogens (tertiary/aromatic N) is 2. The second-order valence-corrected chi connectivity index (χ2v) is 18.2. The minimum atomic E-state index is -5.12. The van der Waals surface area contributed by atoms with E-state index in [2.05, 4.69) is 24.3 Å². The first-order chi connectivity index (χ1) is 31.3. The first-order valence-electron chi connectivity index (χ1n) is 20.7. The van der Waals surface area contributed by atoms with Crippen molar-refractivity contribution in [1.29, 1.82) is 0 Å². The molecule has 0 radical (unpaired) electrons. The molecule has 13 rings (SSSR count).